The number of anilines is 1. The Labute approximate surface area is 140 Å². The molecule has 0 radical (unpaired) electrons. The highest BCUT2D eigenvalue weighted by Gasteiger charge is 2.22. The van der Waals surface area contributed by atoms with Gasteiger partial charge in [0.2, 0.25) is 0 Å². The average molecular weight is 327 g/mol. The molecule has 1 saturated heterocycles. The maximum Gasteiger partial charge on any atom is 0.298 e. The number of para-hydroxylation sites is 2. The van der Waals surface area contributed by atoms with Gasteiger partial charge in [0.1, 0.15) is 5.52 Å². The van der Waals surface area contributed by atoms with Crippen LogP contribution >= 0.6 is 0 Å². The maximum atomic E-state index is 10.2. The molecule has 4 rings (SSSR count). The molecule has 0 amide bonds. The summed E-state index contributed by atoms with van der Waals surface area (Å²) in [6, 6.07) is 10.4. The van der Waals surface area contributed by atoms with Gasteiger partial charge in [-0.05, 0) is 18.2 Å². The minimum atomic E-state index is -0.416. The first-order chi connectivity index (χ1) is 11.8. The highest BCUT2D eigenvalue weighted by molar-refractivity contribution is 5.74. The van der Waals surface area contributed by atoms with E-state index in [0.29, 0.717) is 19.1 Å². The normalized spacial score (nSPS) is 17.5. The first-order valence-corrected chi connectivity index (χ1v) is 8.26. The van der Waals surface area contributed by atoms with Crippen LogP contribution in [0, 0.1) is 0 Å². The van der Waals surface area contributed by atoms with Gasteiger partial charge in [-0.25, -0.2) is 0 Å². The van der Waals surface area contributed by atoms with Crippen molar-refractivity contribution in [3.63, 3.8) is 0 Å². The molecule has 24 heavy (non-hydrogen) atoms. The predicted molar refractivity (Wildman–Crippen MR) is 90.9 cm³/mol. The van der Waals surface area contributed by atoms with E-state index in [1.807, 2.05) is 36.5 Å². The number of rotatable bonds is 5. The molecule has 1 fully saturated rings. The van der Waals surface area contributed by atoms with Gasteiger partial charge in [0, 0.05) is 45.1 Å². The molecule has 126 valence electrons. The quantitative estimate of drug-likeness (QED) is 0.759. The number of piperazine rings is 1. The number of β-amino-alcohol motifs (C(OH)–C–C–N with tert-alkyl or cyclic N) is 1. The van der Waals surface area contributed by atoms with Crippen LogP contribution in [0.1, 0.15) is 0 Å². The second-order valence-electron chi connectivity index (χ2n) is 6.13. The Kier molecular flexibility index (Phi) is 4.18. The highest BCUT2D eigenvalue weighted by atomic mass is 16.4. The van der Waals surface area contributed by atoms with Gasteiger partial charge in [-0.2, -0.15) is 10.1 Å². The molecule has 0 saturated carbocycles. The highest BCUT2D eigenvalue weighted by Crippen LogP contribution is 2.22. The van der Waals surface area contributed by atoms with Crippen LogP contribution in [0.3, 0.4) is 0 Å². The van der Waals surface area contributed by atoms with E-state index in [2.05, 4.69) is 19.9 Å². The van der Waals surface area contributed by atoms with Crippen molar-refractivity contribution in [2.24, 2.45) is 0 Å². The van der Waals surface area contributed by atoms with Crippen LogP contribution in [0.5, 0.6) is 0 Å². The third-order valence-corrected chi connectivity index (χ3v) is 4.35. The molecule has 1 aliphatic heterocycles. The Balaban J connectivity index is 1.31. The molecule has 0 bridgehead atoms. The lowest BCUT2D eigenvalue weighted by Gasteiger charge is -2.34. The van der Waals surface area contributed by atoms with Crippen molar-refractivity contribution < 1.29 is 9.52 Å². The Morgan fingerprint density at radius 1 is 1.08 bits per heavy atom. The van der Waals surface area contributed by atoms with Gasteiger partial charge in [-0.1, -0.05) is 12.1 Å². The third kappa shape index (κ3) is 3.27. The largest absolute Gasteiger partial charge is 0.423 e. The van der Waals surface area contributed by atoms with Gasteiger partial charge in [0.25, 0.3) is 6.01 Å². The summed E-state index contributed by atoms with van der Waals surface area (Å²) < 4.78 is 7.59. The zero-order valence-electron chi connectivity index (χ0n) is 13.5. The second kappa shape index (κ2) is 6.62. The first kappa shape index (κ1) is 15.2. The minimum absolute atomic E-state index is 0.416. The fourth-order valence-electron chi connectivity index (χ4n) is 3.10. The molecule has 2 aromatic heterocycles. The van der Waals surface area contributed by atoms with E-state index in [1.165, 1.54) is 0 Å². The summed E-state index contributed by atoms with van der Waals surface area (Å²) in [7, 11) is 0. The number of hydrogen-bond donors (Lipinski definition) is 1. The first-order valence-electron chi connectivity index (χ1n) is 8.26. The van der Waals surface area contributed by atoms with Gasteiger partial charge >= 0.3 is 0 Å². The van der Waals surface area contributed by atoms with Crippen LogP contribution in [0.15, 0.2) is 47.1 Å². The molecule has 1 aromatic carbocycles. The van der Waals surface area contributed by atoms with Gasteiger partial charge in [-0.3, -0.25) is 9.58 Å². The SMILES string of the molecule is O[C@@H](CN1CCN(c2nc3ccccc3o2)CC1)Cn1cccn1. The lowest BCUT2D eigenvalue weighted by Crippen LogP contribution is -2.49. The number of aliphatic hydroxyl groups is 1. The van der Waals surface area contributed by atoms with Crippen molar-refractivity contribution in [2.75, 3.05) is 37.6 Å². The van der Waals surface area contributed by atoms with E-state index < -0.39 is 6.10 Å². The van der Waals surface area contributed by atoms with Crippen molar-refractivity contribution in [3.8, 4) is 0 Å². The molecule has 1 atom stereocenters. The Morgan fingerprint density at radius 2 is 1.92 bits per heavy atom. The van der Waals surface area contributed by atoms with Crippen LogP contribution in [0.25, 0.3) is 11.1 Å². The average Bonchev–Trinajstić information content (AvgIpc) is 3.24. The molecule has 0 spiro atoms. The lowest BCUT2D eigenvalue weighted by atomic mass is 10.2. The molecular formula is C17H21N5O2. The summed E-state index contributed by atoms with van der Waals surface area (Å²) in [5.74, 6) is 0. The molecule has 0 unspecified atom stereocenters. The maximum absolute atomic E-state index is 10.2. The number of benzene rings is 1. The molecular weight excluding hydrogens is 306 g/mol. The second-order valence-corrected chi connectivity index (χ2v) is 6.13. The number of hydrogen-bond acceptors (Lipinski definition) is 6. The van der Waals surface area contributed by atoms with E-state index in [0.717, 1.165) is 37.3 Å². The fourth-order valence-corrected chi connectivity index (χ4v) is 3.10. The lowest BCUT2D eigenvalue weighted by molar-refractivity contribution is 0.0916. The summed E-state index contributed by atoms with van der Waals surface area (Å²) >= 11 is 0. The van der Waals surface area contributed by atoms with Gasteiger partial charge in [0.05, 0.1) is 12.6 Å². The van der Waals surface area contributed by atoms with E-state index >= 15 is 0 Å². The topological polar surface area (TPSA) is 70.6 Å². The standard InChI is InChI=1S/C17H21N5O2/c23-14(13-22-7-3-6-18-22)12-20-8-10-21(11-9-20)17-19-15-4-1-2-5-16(15)24-17/h1-7,14,23H,8-13H2/t14-/m0/s1. The summed E-state index contributed by atoms with van der Waals surface area (Å²) in [5, 5.41) is 14.3. The summed E-state index contributed by atoms with van der Waals surface area (Å²) in [4.78, 5) is 8.99. The fraction of sp³-hybridized carbons (Fsp3) is 0.412. The molecule has 7 heteroatoms. The number of aliphatic hydroxyl groups excluding tert-OH is 1. The van der Waals surface area contributed by atoms with E-state index in [4.69, 9.17) is 4.42 Å². The smallest absolute Gasteiger partial charge is 0.298 e. The van der Waals surface area contributed by atoms with Crippen LogP contribution in [-0.2, 0) is 6.54 Å². The zero-order valence-corrected chi connectivity index (χ0v) is 13.5. The Hall–Kier alpha value is -2.38. The third-order valence-electron chi connectivity index (χ3n) is 4.35. The number of oxazole rings is 1. The van der Waals surface area contributed by atoms with Gasteiger partial charge in [-0.15, -0.1) is 0 Å². The van der Waals surface area contributed by atoms with Crippen molar-refractivity contribution in [1.82, 2.24) is 19.7 Å². The molecule has 1 aliphatic rings. The van der Waals surface area contributed by atoms with Gasteiger partial charge < -0.3 is 14.4 Å². The number of aromatic nitrogens is 3. The monoisotopic (exact) mass is 327 g/mol. The summed E-state index contributed by atoms with van der Waals surface area (Å²) in [6.45, 7) is 4.64. The number of fused-ring (bicyclic) bond motifs is 1. The molecule has 7 nitrogen and oxygen atoms in total. The summed E-state index contributed by atoms with van der Waals surface area (Å²) in [6.07, 6.45) is 3.18. The minimum Gasteiger partial charge on any atom is -0.423 e. The van der Waals surface area contributed by atoms with Crippen molar-refractivity contribution in [3.05, 3.63) is 42.7 Å². The Morgan fingerprint density at radius 3 is 2.67 bits per heavy atom. The van der Waals surface area contributed by atoms with Crippen LogP contribution < -0.4 is 4.90 Å². The van der Waals surface area contributed by atoms with Crippen molar-refractivity contribution in [1.29, 1.82) is 0 Å². The zero-order chi connectivity index (χ0) is 16.4. The van der Waals surface area contributed by atoms with Crippen molar-refractivity contribution >= 4 is 17.1 Å². The van der Waals surface area contributed by atoms with Gasteiger partial charge in [0.15, 0.2) is 5.58 Å². The van der Waals surface area contributed by atoms with E-state index in [1.54, 1.807) is 10.9 Å². The van der Waals surface area contributed by atoms with Crippen molar-refractivity contribution in [2.45, 2.75) is 12.6 Å². The van der Waals surface area contributed by atoms with Crippen LogP contribution in [0.4, 0.5) is 6.01 Å². The van der Waals surface area contributed by atoms with E-state index in [9.17, 15) is 5.11 Å². The summed E-state index contributed by atoms with van der Waals surface area (Å²) in [5.41, 5.74) is 1.72. The Bertz CT molecular complexity index is 744. The van der Waals surface area contributed by atoms with Crippen LogP contribution in [-0.4, -0.2) is 63.6 Å². The van der Waals surface area contributed by atoms with E-state index in [-0.39, 0.29) is 0 Å². The van der Waals surface area contributed by atoms with Crippen LogP contribution in [0.2, 0.25) is 0 Å². The molecule has 0 aliphatic carbocycles. The molecule has 3 aromatic rings. The number of nitrogens with zero attached hydrogens (tertiary/aromatic N) is 5. The molecule has 1 N–H and O–H groups in total. The predicted octanol–water partition coefficient (Wildman–Crippen LogP) is 1.21. The molecule has 3 heterocycles.